The summed E-state index contributed by atoms with van der Waals surface area (Å²) >= 11 is 0. The predicted octanol–water partition coefficient (Wildman–Crippen LogP) is 4.29. The van der Waals surface area contributed by atoms with E-state index in [-0.39, 0.29) is 29.9 Å². The summed E-state index contributed by atoms with van der Waals surface area (Å²) in [5, 5.41) is 3.21. The molecule has 1 atom stereocenters. The molecule has 0 bridgehead atoms. The Balaban J connectivity index is 1.97. The number of nitrogens with zero attached hydrogens (tertiary/aromatic N) is 1. The Bertz CT molecular complexity index is 617. The van der Waals surface area contributed by atoms with Gasteiger partial charge >= 0.3 is 6.09 Å². The van der Waals surface area contributed by atoms with Crippen LogP contribution in [-0.2, 0) is 9.53 Å². The smallest absolute Gasteiger partial charge is 0.409 e. The van der Waals surface area contributed by atoms with Crippen LogP contribution in [0.25, 0.3) is 0 Å². The fraction of sp³-hybridized carbons (Fsp3) is 0.636. The fourth-order valence-corrected chi connectivity index (χ4v) is 3.64. The maximum absolute atomic E-state index is 13.0. The van der Waals surface area contributed by atoms with E-state index in [0.29, 0.717) is 25.6 Å². The monoisotopic (exact) mass is 374 g/mol. The van der Waals surface area contributed by atoms with Crippen LogP contribution in [0.5, 0.6) is 0 Å². The summed E-state index contributed by atoms with van der Waals surface area (Å²) in [4.78, 5) is 26.5. The molecule has 1 N–H and O–H groups in total. The minimum absolute atomic E-state index is 0.0804. The third-order valence-electron chi connectivity index (χ3n) is 5.28. The first-order chi connectivity index (χ1) is 12.8. The molecule has 1 aromatic carbocycles. The van der Waals surface area contributed by atoms with Crippen molar-refractivity contribution in [1.29, 1.82) is 0 Å². The largest absolute Gasteiger partial charge is 0.450 e. The fourth-order valence-electron chi connectivity index (χ4n) is 3.64. The number of hydrogen-bond donors (Lipinski definition) is 1. The van der Waals surface area contributed by atoms with E-state index >= 15 is 0 Å². The van der Waals surface area contributed by atoms with E-state index in [1.54, 1.807) is 4.90 Å². The molecule has 2 rings (SSSR count). The molecule has 0 aliphatic carbocycles. The van der Waals surface area contributed by atoms with Crippen LogP contribution in [0.2, 0.25) is 0 Å². The van der Waals surface area contributed by atoms with Gasteiger partial charge in [0.2, 0.25) is 5.91 Å². The number of ether oxygens (including phenoxy) is 1. The van der Waals surface area contributed by atoms with Gasteiger partial charge in [-0.25, -0.2) is 4.79 Å². The Labute approximate surface area is 163 Å². The number of carbonyl (C=O) groups is 2. The van der Waals surface area contributed by atoms with E-state index < -0.39 is 0 Å². The van der Waals surface area contributed by atoms with Crippen molar-refractivity contribution >= 4 is 12.0 Å². The molecular weight excluding hydrogens is 340 g/mol. The third-order valence-corrected chi connectivity index (χ3v) is 5.28. The van der Waals surface area contributed by atoms with Gasteiger partial charge in [-0.05, 0) is 42.7 Å². The Kier molecular flexibility index (Phi) is 7.69. The molecule has 1 aliphatic rings. The Morgan fingerprint density at radius 1 is 1.07 bits per heavy atom. The molecule has 1 unspecified atom stereocenters. The molecule has 1 saturated heterocycles. The molecule has 1 fully saturated rings. The Morgan fingerprint density at radius 2 is 1.63 bits per heavy atom. The van der Waals surface area contributed by atoms with Gasteiger partial charge in [0.25, 0.3) is 0 Å². The van der Waals surface area contributed by atoms with Gasteiger partial charge in [0.05, 0.1) is 12.5 Å². The van der Waals surface area contributed by atoms with Crippen LogP contribution in [0.1, 0.15) is 70.4 Å². The van der Waals surface area contributed by atoms with E-state index in [2.05, 4.69) is 57.3 Å². The highest BCUT2D eigenvalue weighted by atomic mass is 16.6. The summed E-state index contributed by atoms with van der Waals surface area (Å²) in [6, 6.07) is 8.53. The third kappa shape index (κ3) is 5.72. The minimum atomic E-state index is -0.257. The van der Waals surface area contributed by atoms with Crippen molar-refractivity contribution in [2.24, 2.45) is 5.92 Å². The maximum atomic E-state index is 13.0. The van der Waals surface area contributed by atoms with Gasteiger partial charge in [0, 0.05) is 19.1 Å². The summed E-state index contributed by atoms with van der Waals surface area (Å²) in [6.07, 6.45) is 1.27. The second-order valence-electron chi connectivity index (χ2n) is 8.01. The van der Waals surface area contributed by atoms with Crippen molar-refractivity contribution in [3.63, 3.8) is 0 Å². The number of benzene rings is 1. The molecule has 5 nitrogen and oxygen atoms in total. The molecule has 0 radical (unpaired) electrons. The van der Waals surface area contributed by atoms with Crippen molar-refractivity contribution in [3.8, 4) is 0 Å². The second-order valence-corrected chi connectivity index (χ2v) is 8.01. The number of amides is 2. The standard InChI is InChI=1S/C22H34N2O3/c1-6-27-22(26)24-13-11-19(12-14-24)23-21(25)20(16(4)5)18-9-7-17(8-10-18)15(2)3/h7-10,15-16,19-20H,6,11-14H2,1-5H3,(H,23,25). The normalized spacial score (nSPS) is 16.5. The number of rotatable bonds is 6. The number of hydrogen-bond acceptors (Lipinski definition) is 3. The SMILES string of the molecule is CCOC(=O)N1CCC(NC(=O)C(c2ccc(C(C)C)cc2)C(C)C)CC1. The van der Waals surface area contributed by atoms with E-state index in [9.17, 15) is 9.59 Å². The van der Waals surface area contributed by atoms with Crippen LogP contribution in [0.4, 0.5) is 4.79 Å². The highest BCUT2D eigenvalue weighted by molar-refractivity contribution is 5.84. The van der Waals surface area contributed by atoms with E-state index in [1.807, 2.05) is 6.92 Å². The first kappa shape index (κ1) is 21.3. The average molecular weight is 375 g/mol. The van der Waals surface area contributed by atoms with Gasteiger partial charge in [0.15, 0.2) is 0 Å². The van der Waals surface area contributed by atoms with Crippen molar-refractivity contribution < 1.29 is 14.3 Å². The van der Waals surface area contributed by atoms with Gasteiger partial charge in [0.1, 0.15) is 0 Å². The number of carbonyl (C=O) groups excluding carboxylic acids is 2. The van der Waals surface area contributed by atoms with Crippen LogP contribution in [0, 0.1) is 5.92 Å². The number of piperidine rings is 1. The highest BCUT2D eigenvalue weighted by Gasteiger charge is 2.29. The minimum Gasteiger partial charge on any atom is -0.450 e. The maximum Gasteiger partial charge on any atom is 0.409 e. The van der Waals surface area contributed by atoms with Gasteiger partial charge < -0.3 is 15.0 Å². The average Bonchev–Trinajstić information content (AvgIpc) is 2.62. The molecule has 0 saturated carbocycles. The molecule has 27 heavy (non-hydrogen) atoms. The first-order valence-electron chi connectivity index (χ1n) is 10.1. The second kappa shape index (κ2) is 9.77. The van der Waals surface area contributed by atoms with E-state index in [0.717, 1.165) is 18.4 Å². The van der Waals surface area contributed by atoms with Gasteiger partial charge in [-0.2, -0.15) is 0 Å². The summed E-state index contributed by atoms with van der Waals surface area (Å²) < 4.78 is 5.05. The first-order valence-corrected chi connectivity index (χ1v) is 10.1. The van der Waals surface area contributed by atoms with Gasteiger partial charge in [-0.15, -0.1) is 0 Å². The van der Waals surface area contributed by atoms with E-state index in [4.69, 9.17) is 4.74 Å². The lowest BCUT2D eigenvalue weighted by molar-refractivity contribution is -0.124. The zero-order valence-corrected chi connectivity index (χ0v) is 17.3. The van der Waals surface area contributed by atoms with Crippen LogP contribution >= 0.6 is 0 Å². The summed E-state index contributed by atoms with van der Waals surface area (Å²) in [6.45, 7) is 12.0. The molecular formula is C22H34N2O3. The van der Waals surface area contributed by atoms with Crippen molar-refractivity contribution in [3.05, 3.63) is 35.4 Å². The quantitative estimate of drug-likeness (QED) is 0.808. The summed E-state index contributed by atoms with van der Waals surface area (Å²) in [7, 11) is 0. The van der Waals surface area contributed by atoms with Crippen molar-refractivity contribution in [2.45, 2.75) is 65.3 Å². The molecule has 1 heterocycles. The molecule has 1 aromatic rings. The van der Waals surface area contributed by atoms with Crippen molar-refractivity contribution in [2.75, 3.05) is 19.7 Å². The molecule has 0 aromatic heterocycles. The molecule has 2 amide bonds. The number of likely N-dealkylation sites (tertiary alicyclic amines) is 1. The summed E-state index contributed by atoms with van der Waals surface area (Å²) in [5.74, 6) is 0.621. The predicted molar refractivity (Wildman–Crippen MR) is 108 cm³/mol. The van der Waals surface area contributed by atoms with Crippen LogP contribution in [0.3, 0.4) is 0 Å². The van der Waals surface area contributed by atoms with E-state index in [1.165, 1.54) is 5.56 Å². The Morgan fingerprint density at radius 3 is 2.11 bits per heavy atom. The lowest BCUT2D eigenvalue weighted by atomic mass is 9.86. The molecule has 1 aliphatic heterocycles. The number of nitrogens with one attached hydrogen (secondary N) is 1. The Hall–Kier alpha value is -2.04. The zero-order valence-electron chi connectivity index (χ0n) is 17.3. The summed E-state index contributed by atoms with van der Waals surface area (Å²) in [5.41, 5.74) is 2.35. The molecule has 0 spiro atoms. The van der Waals surface area contributed by atoms with Crippen LogP contribution < -0.4 is 5.32 Å². The molecule has 150 valence electrons. The van der Waals surface area contributed by atoms with Crippen LogP contribution in [-0.4, -0.2) is 42.6 Å². The van der Waals surface area contributed by atoms with Crippen LogP contribution in [0.15, 0.2) is 24.3 Å². The lowest BCUT2D eigenvalue weighted by Crippen LogP contribution is -2.48. The zero-order chi connectivity index (χ0) is 20.0. The topological polar surface area (TPSA) is 58.6 Å². The van der Waals surface area contributed by atoms with Gasteiger partial charge in [-0.3, -0.25) is 4.79 Å². The highest BCUT2D eigenvalue weighted by Crippen LogP contribution is 2.27. The lowest BCUT2D eigenvalue weighted by Gasteiger charge is -2.33. The molecule has 5 heteroatoms. The van der Waals surface area contributed by atoms with Gasteiger partial charge in [-0.1, -0.05) is 52.0 Å². The van der Waals surface area contributed by atoms with Crippen molar-refractivity contribution in [1.82, 2.24) is 10.2 Å².